The maximum atomic E-state index is 13.0. The first-order valence-corrected chi connectivity index (χ1v) is 10.9. The number of ether oxygens (including phenoxy) is 1. The smallest absolute Gasteiger partial charge is 0.291 e. The Morgan fingerprint density at radius 3 is 2.90 bits per heavy atom. The maximum absolute atomic E-state index is 13.0. The molecular formula is C22H22N4O3S. The number of fused-ring (bicyclic) bond motifs is 3. The standard InChI is InChI=1S/C22H22N4O3S/c1-29-17-6-4-5-16(12-17)22(8-2-3-9-22)24-19(27)13-26-20(28)18-11-15-7-10-30-21(15)25(18)14-23-26/h4-7,10-12,14H,2-3,8-9,13H2,1H3,(H,24,27). The van der Waals surface area contributed by atoms with Crippen LogP contribution in [0.15, 0.2) is 52.9 Å². The first-order valence-electron chi connectivity index (χ1n) is 10.00. The molecule has 1 N–H and O–H groups in total. The van der Waals surface area contributed by atoms with E-state index in [-0.39, 0.29) is 18.0 Å². The maximum Gasteiger partial charge on any atom is 0.291 e. The van der Waals surface area contributed by atoms with Crippen LogP contribution in [-0.4, -0.2) is 27.2 Å². The van der Waals surface area contributed by atoms with Gasteiger partial charge in [0.1, 0.15) is 29.0 Å². The second-order valence-electron chi connectivity index (χ2n) is 7.74. The lowest BCUT2D eigenvalue weighted by atomic mass is 9.88. The van der Waals surface area contributed by atoms with Crippen LogP contribution >= 0.6 is 11.3 Å². The van der Waals surface area contributed by atoms with Crippen LogP contribution in [0.1, 0.15) is 31.2 Å². The fourth-order valence-corrected chi connectivity index (χ4v) is 5.33. The molecule has 7 nitrogen and oxygen atoms in total. The van der Waals surface area contributed by atoms with E-state index in [2.05, 4.69) is 10.4 Å². The van der Waals surface area contributed by atoms with Gasteiger partial charge in [-0.15, -0.1) is 11.3 Å². The lowest BCUT2D eigenvalue weighted by Crippen LogP contribution is -2.46. The Hall–Kier alpha value is -3.13. The van der Waals surface area contributed by atoms with E-state index in [1.54, 1.807) is 29.2 Å². The van der Waals surface area contributed by atoms with E-state index in [9.17, 15) is 9.59 Å². The Bertz CT molecular complexity index is 1300. The molecular weight excluding hydrogens is 400 g/mol. The summed E-state index contributed by atoms with van der Waals surface area (Å²) >= 11 is 1.56. The van der Waals surface area contributed by atoms with Gasteiger partial charge in [0.2, 0.25) is 5.91 Å². The molecule has 1 fully saturated rings. The predicted octanol–water partition coefficient (Wildman–Crippen LogP) is 3.31. The second kappa shape index (κ2) is 7.28. The number of methoxy groups -OCH3 is 1. The lowest BCUT2D eigenvalue weighted by molar-refractivity contribution is -0.124. The lowest BCUT2D eigenvalue weighted by Gasteiger charge is -2.31. The molecule has 30 heavy (non-hydrogen) atoms. The van der Waals surface area contributed by atoms with Gasteiger partial charge < -0.3 is 10.1 Å². The van der Waals surface area contributed by atoms with Crippen molar-refractivity contribution in [3.05, 3.63) is 64.0 Å². The minimum Gasteiger partial charge on any atom is -0.497 e. The third-order valence-corrected chi connectivity index (χ3v) is 6.88. The Balaban J connectivity index is 1.43. The highest BCUT2D eigenvalue weighted by atomic mass is 32.1. The summed E-state index contributed by atoms with van der Waals surface area (Å²) in [6, 6.07) is 11.7. The molecule has 1 saturated carbocycles. The SMILES string of the molecule is COc1cccc(C2(NC(=O)Cn3ncn4c(cc5ccsc54)c3=O)CCCC2)c1. The van der Waals surface area contributed by atoms with Crippen LogP contribution in [0.4, 0.5) is 0 Å². The fraction of sp³-hybridized carbons (Fsp3) is 0.318. The van der Waals surface area contributed by atoms with Gasteiger partial charge in [0.05, 0.1) is 12.6 Å². The van der Waals surface area contributed by atoms with Gasteiger partial charge in [-0.25, -0.2) is 4.68 Å². The van der Waals surface area contributed by atoms with Crippen LogP contribution in [0.3, 0.4) is 0 Å². The summed E-state index contributed by atoms with van der Waals surface area (Å²) in [5.74, 6) is 0.552. The van der Waals surface area contributed by atoms with Crippen molar-refractivity contribution in [1.29, 1.82) is 0 Å². The number of hydrogen-bond donors (Lipinski definition) is 1. The second-order valence-corrected chi connectivity index (χ2v) is 8.64. The number of rotatable bonds is 5. The van der Waals surface area contributed by atoms with E-state index < -0.39 is 5.54 Å². The van der Waals surface area contributed by atoms with Crippen molar-refractivity contribution in [3.8, 4) is 5.75 Å². The molecule has 1 amide bonds. The van der Waals surface area contributed by atoms with Gasteiger partial charge in [0.15, 0.2) is 0 Å². The van der Waals surface area contributed by atoms with Crippen LogP contribution < -0.4 is 15.6 Å². The summed E-state index contributed by atoms with van der Waals surface area (Å²) in [4.78, 5) is 26.8. The molecule has 0 unspecified atom stereocenters. The Morgan fingerprint density at radius 2 is 2.10 bits per heavy atom. The molecule has 0 atom stereocenters. The van der Waals surface area contributed by atoms with E-state index in [1.807, 2.05) is 41.8 Å². The van der Waals surface area contributed by atoms with Gasteiger partial charge in [0, 0.05) is 5.39 Å². The van der Waals surface area contributed by atoms with E-state index in [4.69, 9.17) is 4.74 Å². The van der Waals surface area contributed by atoms with Crippen molar-refractivity contribution in [2.45, 2.75) is 37.8 Å². The summed E-state index contributed by atoms with van der Waals surface area (Å²) in [7, 11) is 1.64. The molecule has 1 aliphatic carbocycles. The number of amides is 1. The molecule has 0 bridgehead atoms. The number of aromatic nitrogens is 3. The molecule has 0 aliphatic heterocycles. The molecule has 1 aromatic carbocycles. The normalized spacial score (nSPS) is 15.6. The highest BCUT2D eigenvalue weighted by molar-refractivity contribution is 7.16. The van der Waals surface area contributed by atoms with Crippen molar-refractivity contribution >= 4 is 33.0 Å². The minimum absolute atomic E-state index is 0.111. The van der Waals surface area contributed by atoms with Crippen molar-refractivity contribution in [3.63, 3.8) is 0 Å². The van der Waals surface area contributed by atoms with Crippen LogP contribution in [-0.2, 0) is 16.9 Å². The number of nitrogens with zero attached hydrogens (tertiary/aromatic N) is 3. The number of nitrogens with one attached hydrogen (secondary N) is 1. The van der Waals surface area contributed by atoms with Crippen LogP contribution in [0.2, 0.25) is 0 Å². The highest BCUT2D eigenvalue weighted by Crippen LogP contribution is 2.39. The van der Waals surface area contributed by atoms with E-state index >= 15 is 0 Å². The number of thiophene rings is 1. The zero-order chi connectivity index (χ0) is 20.7. The summed E-state index contributed by atoms with van der Waals surface area (Å²) < 4.78 is 8.39. The Morgan fingerprint density at radius 1 is 1.27 bits per heavy atom. The van der Waals surface area contributed by atoms with Gasteiger partial charge in [-0.05, 0) is 48.1 Å². The van der Waals surface area contributed by atoms with Gasteiger partial charge in [-0.3, -0.25) is 14.0 Å². The van der Waals surface area contributed by atoms with Crippen LogP contribution in [0.25, 0.3) is 15.7 Å². The van der Waals surface area contributed by atoms with Crippen molar-refractivity contribution < 1.29 is 9.53 Å². The fourth-order valence-electron chi connectivity index (χ4n) is 4.46. The highest BCUT2D eigenvalue weighted by Gasteiger charge is 2.37. The van der Waals surface area contributed by atoms with E-state index in [1.165, 1.54) is 4.68 Å². The molecule has 154 valence electrons. The monoisotopic (exact) mass is 422 g/mol. The van der Waals surface area contributed by atoms with Gasteiger partial charge >= 0.3 is 0 Å². The first-order chi connectivity index (χ1) is 14.6. The number of benzene rings is 1. The largest absolute Gasteiger partial charge is 0.497 e. The van der Waals surface area contributed by atoms with Crippen LogP contribution in [0, 0.1) is 0 Å². The molecule has 5 rings (SSSR count). The molecule has 1 aliphatic rings. The van der Waals surface area contributed by atoms with E-state index in [0.717, 1.165) is 47.2 Å². The van der Waals surface area contributed by atoms with Gasteiger partial charge in [-0.1, -0.05) is 25.0 Å². The third-order valence-electron chi connectivity index (χ3n) is 5.96. The first kappa shape index (κ1) is 18.9. The number of carbonyl (C=O) groups is 1. The van der Waals surface area contributed by atoms with Crippen LogP contribution in [0.5, 0.6) is 5.75 Å². The summed E-state index contributed by atoms with van der Waals surface area (Å²) in [5.41, 5.74) is 0.869. The molecule has 3 aromatic heterocycles. The summed E-state index contributed by atoms with van der Waals surface area (Å²) in [6.07, 6.45) is 5.42. The van der Waals surface area contributed by atoms with Gasteiger partial charge in [0.25, 0.3) is 5.56 Å². The molecule has 8 heteroatoms. The number of carbonyl (C=O) groups excluding carboxylic acids is 1. The zero-order valence-electron chi connectivity index (χ0n) is 16.6. The minimum atomic E-state index is -0.434. The molecule has 0 spiro atoms. The molecule has 4 aromatic rings. The summed E-state index contributed by atoms with van der Waals surface area (Å²) in [5, 5.41) is 10.4. The summed E-state index contributed by atoms with van der Waals surface area (Å²) in [6.45, 7) is -0.111. The topological polar surface area (TPSA) is 77.6 Å². The quantitative estimate of drug-likeness (QED) is 0.535. The number of hydrogen-bond acceptors (Lipinski definition) is 5. The third kappa shape index (κ3) is 3.08. The predicted molar refractivity (Wildman–Crippen MR) is 116 cm³/mol. The van der Waals surface area contributed by atoms with Gasteiger partial charge in [-0.2, -0.15) is 5.10 Å². The average Bonchev–Trinajstić information content (AvgIpc) is 3.47. The van der Waals surface area contributed by atoms with Crippen molar-refractivity contribution in [2.24, 2.45) is 0 Å². The molecule has 3 heterocycles. The van der Waals surface area contributed by atoms with Crippen molar-refractivity contribution in [1.82, 2.24) is 19.5 Å². The average molecular weight is 423 g/mol. The van der Waals surface area contributed by atoms with Crippen molar-refractivity contribution in [2.75, 3.05) is 7.11 Å². The molecule has 0 radical (unpaired) electrons. The zero-order valence-corrected chi connectivity index (χ0v) is 17.4. The molecule has 0 saturated heterocycles. The Labute approximate surface area is 176 Å². The van der Waals surface area contributed by atoms with E-state index in [0.29, 0.717) is 5.52 Å². The Kier molecular flexibility index (Phi) is 4.58.